The predicted octanol–water partition coefficient (Wildman–Crippen LogP) is 0.899. The number of nitrogens with one attached hydrogen (secondary N) is 1. The van der Waals surface area contributed by atoms with Crippen molar-refractivity contribution in [1.29, 1.82) is 0 Å². The maximum Gasteiger partial charge on any atom is 0.0583 e. The third-order valence-corrected chi connectivity index (χ3v) is 3.15. The van der Waals surface area contributed by atoms with Crippen LogP contribution in [-0.2, 0) is 0 Å². The van der Waals surface area contributed by atoms with E-state index >= 15 is 0 Å². The van der Waals surface area contributed by atoms with E-state index in [1.54, 1.807) is 0 Å². The lowest BCUT2D eigenvalue weighted by Crippen LogP contribution is -2.35. The summed E-state index contributed by atoms with van der Waals surface area (Å²) in [5, 5.41) is 13.2. The van der Waals surface area contributed by atoms with E-state index in [4.69, 9.17) is 0 Å². The molecule has 11 heavy (non-hydrogen) atoms. The van der Waals surface area contributed by atoms with E-state index in [-0.39, 0.29) is 6.10 Å². The normalized spacial score (nSPS) is 45.0. The molecular weight excluding hydrogens is 138 g/mol. The van der Waals surface area contributed by atoms with Gasteiger partial charge in [-0.05, 0) is 32.2 Å². The monoisotopic (exact) mass is 155 g/mol. The number of hydrogen-bond donors (Lipinski definition) is 2. The van der Waals surface area contributed by atoms with Crippen LogP contribution in [0.1, 0.15) is 32.1 Å². The smallest absolute Gasteiger partial charge is 0.0583 e. The topological polar surface area (TPSA) is 32.3 Å². The minimum atomic E-state index is -0.0162. The van der Waals surface area contributed by atoms with Crippen LogP contribution < -0.4 is 5.32 Å². The second-order valence-corrected chi connectivity index (χ2v) is 3.86. The number of aliphatic hydroxyl groups is 1. The predicted molar refractivity (Wildman–Crippen MR) is 44.4 cm³/mol. The molecule has 0 amide bonds. The molecule has 1 aliphatic carbocycles. The van der Waals surface area contributed by atoms with Crippen molar-refractivity contribution in [2.45, 2.75) is 44.2 Å². The highest BCUT2D eigenvalue weighted by Crippen LogP contribution is 2.31. The van der Waals surface area contributed by atoms with Gasteiger partial charge < -0.3 is 10.4 Å². The molecule has 2 fully saturated rings. The van der Waals surface area contributed by atoms with Crippen LogP contribution in [0.5, 0.6) is 0 Å². The molecule has 0 radical (unpaired) electrons. The quantitative estimate of drug-likeness (QED) is 0.544. The van der Waals surface area contributed by atoms with Gasteiger partial charge in [0.2, 0.25) is 0 Å². The Morgan fingerprint density at radius 2 is 2.00 bits per heavy atom. The molecular formula is C9H17NO. The highest BCUT2D eigenvalue weighted by Gasteiger charge is 2.33. The Labute approximate surface area is 68.0 Å². The van der Waals surface area contributed by atoms with Crippen molar-refractivity contribution in [2.24, 2.45) is 5.92 Å². The summed E-state index contributed by atoms with van der Waals surface area (Å²) < 4.78 is 0. The Hall–Kier alpha value is -0.0800. The van der Waals surface area contributed by atoms with Crippen LogP contribution in [0.4, 0.5) is 0 Å². The summed E-state index contributed by atoms with van der Waals surface area (Å²) in [4.78, 5) is 0. The van der Waals surface area contributed by atoms with E-state index in [1.165, 1.54) is 19.3 Å². The van der Waals surface area contributed by atoms with Gasteiger partial charge in [0.15, 0.2) is 0 Å². The fourth-order valence-electron chi connectivity index (χ4n) is 2.52. The highest BCUT2D eigenvalue weighted by molar-refractivity contribution is 4.89. The van der Waals surface area contributed by atoms with E-state index < -0.39 is 0 Å². The van der Waals surface area contributed by atoms with Crippen LogP contribution in [0.3, 0.4) is 0 Å². The summed E-state index contributed by atoms with van der Waals surface area (Å²) >= 11 is 0. The van der Waals surface area contributed by atoms with Gasteiger partial charge in [0, 0.05) is 12.0 Å². The Morgan fingerprint density at radius 1 is 1.09 bits per heavy atom. The Bertz CT molecular complexity index is 138. The second kappa shape index (κ2) is 3.11. The van der Waals surface area contributed by atoms with Crippen molar-refractivity contribution < 1.29 is 5.11 Å². The molecule has 2 heteroatoms. The van der Waals surface area contributed by atoms with Crippen LogP contribution >= 0.6 is 0 Å². The molecule has 3 atom stereocenters. The first-order chi connectivity index (χ1) is 5.38. The molecule has 1 saturated heterocycles. The number of fused-ring (bicyclic) bond motifs is 1. The first kappa shape index (κ1) is 7.56. The van der Waals surface area contributed by atoms with Crippen LogP contribution in [0.2, 0.25) is 0 Å². The van der Waals surface area contributed by atoms with Gasteiger partial charge in [0.05, 0.1) is 6.10 Å². The first-order valence-electron chi connectivity index (χ1n) is 4.79. The zero-order valence-corrected chi connectivity index (χ0v) is 6.92. The van der Waals surface area contributed by atoms with Crippen LogP contribution in [0, 0.1) is 5.92 Å². The van der Waals surface area contributed by atoms with Gasteiger partial charge in [-0.2, -0.15) is 0 Å². The van der Waals surface area contributed by atoms with Crippen molar-refractivity contribution in [3.05, 3.63) is 0 Å². The van der Waals surface area contributed by atoms with E-state index in [2.05, 4.69) is 5.32 Å². The molecule has 0 aromatic heterocycles. The van der Waals surface area contributed by atoms with Crippen molar-refractivity contribution in [2.75, 3.05) is 6.54 Å². The third kappa shape index (κ3) is 1.42. The maximum atomic E-state index is 9.72. The van der Waals surface area contributed by atoms with Gasteiger partial charge in [-0.3, -0.25) is 0 Å². The minimum Gasteiger partial charge on any atom is -0.393 e. The van der Waals surface area contributed by atoms with E-state index in [1.807, 2.05) is 0 Å². The van der Waals surface area contributed by atoms with Gasteiger partial charge in [0.1, 0.15) is 0 Å². The largest absolute Gasteiger partial charge is 0.393 e. The zero-order valence-electron chi connectivity index (χ0n) is 6.92. The summed E-state index contributed by atoms with van der Waals surface area (Å²) in [5.74, 6) is 0.567. The Morgan fingerprint density at radius 3 is 2.91 bits per heavy atom. The molecule has 0 unspecified atom stereocenters. The average molecular weight is 155 g/mol. The molecule has 0 aromatic rings. The molecule has 0 aromatic carbocycles. The molecule has 2 N–H and O–H groups in total. The molecule has 1 heterocycles. The van der Waals surface area contributed by atoms with Crippen LogP contribution in [0.25, 0.3) is 0 Å². The number of hydrogen-bond acceptors (Lipinski definition) is 2. The van der Waals surface area contributed by atoms with E-state index in [0.717, 1.165) is 19.4 Å². The summed E-state index contributed by atoms with van der Waals surface area (Å²) in [5.41, 5.74) is 0. The molecule has 1 saturated carbocycles. The summed E-state index contributed by atoms with van der Waals surface area (Å²) in [6.07, 6.45) is 5.96. The molecule has 2 nitrogen and oxygen atoms in total. The number of rotatable bonds is 0. The standard InChI is InChI=1S/C9H17NO/c11-9-5-2-6-10-8-4-1-3-7(8)9/h7-11H,1-6H2/t7-,8+,9+/m0/s1. The molecule has 1 aliphatic heterocycles. The maximum absolute atomic E-state index is 9.72. The lowest BCUT2D eigenvalue weighted by atomic mass is 9.95. The Balaban J connectivity index is 2.03. The van der Waals surface area contributed by atoms with Gasteiger partial charge in [-0.1, -0.05) is 6.42 Å². The highest BCUT2D eigenvalue weighted by atomic mass is 16.3. The average Bonchev–Trinajstić information content (AvgIpc) is 2.40. The molecule has 2 rings (SSSR count). The Kier molecular flexibility index (Phi) is 2.14. The zero-order chi connectivity index (χ0) is 7.68. The van der Waals surface area contributed by atoms with Crippen molar-refractivity contribution in [3.8, 4) is 0 Å². The third-order valence-electron chi connectivity index (χ3n) is 3.15. The lowest BCUT2D eigenvalue weighted by Gasteiger charge is -2.21. The van der Waals surface area contributed by atoms with Gasteiger partial charge in [-0.15, -0.1) is 0 Å². The first-order valence-corrected chi connectivity index (χ1v) is 4.79. The molecule has 0 bridgehead atoms. The molecule has 0 spiro atoms. The van der Waals surface area contributed by atoms with E-state index in [9.17, 15) is 5.11 Å². The lowest BCUT2D eigenvalue weighted by molar-refractivity contribution is 0.0980. The van der Waals surface area contributed by atoms with Crippen molar-refractivity contribution >= 4 is 0 Å². The summed E-state index contributed by atoms with van der Waals surface area (Å²) in [6, 6.07) is 0.632. The van der Waals surface area contributed by atoms with Gasteiger partial charge >= 0.3 is 0 Å². The fraction of sp³-hybridized carbons (Fsp3) is 1.00. The molecule has 2 aliphatic rings. The second-order valence-electron chi connectivity index (χ2n) is 3.86. The molecule has 64 valence electrons. The van der Waals surface area contributed by atoms with Gasteiger partial charge in [-0.25, -0.2) is 0 Å². The summed E-state index contributed by atoms with van der Waals surface area (Å²) in [7, 11) is 0. The SMILES string of the molecule is O[C@@H]1CCCN[C@@H]2CCC[C@H]12. The van der Waals surface area contributed by atoms with Crippen molar-refractivity contribution in [3.63, 3.8) is 0 Å². The van der Waals surface area contributed by atoms with Crippen LogP contribution in [-0.4, -0.2) is 23.8 Å². The van der Waals surface area contributed by atoms with Crippen LogP contribution in [0.15, 0.2) is 0 Å². The van der Waals surface area contributed by atoms with E-state index in [0.29, 0.717) is 12.0 Å². The van der Waals surface area contributed by atoms with Crippen molar-refractivity contribution in [1.82, 2.24) is 5.32 Å². The fourth-order valence-corrected chi connectivity index (χ4v) is 2.52. The minimum absolute atomic E-state index is 0.0162. The summed E-state index contributed by atoms with van der Waals surface area (Å²) in [6.45, 7) is 1.11. The number of aliphatic hydroxyl groups excluding tert-OH is 1. The van der Waals surface area contributed by atoms with Gasteiger partial charge in [0.25, 0.3) is 0 Å².